The lowest BCUT2D eigenvalue weighted by molar-refractivity contribution is -0.139. The zero-order valence-electron chi connectivity index (χ0n) is 23.1. The molecule has 3 fully saturated rings. The standard InChI is InChI=1S/C31H31ClF2N4O4/c1-17(39)24-15-36(26-8-6-19(10-23(24)26)31(42)37-13-18-5-7-22(37)9-18)16-28(40)38-14-21(33)11-27(38)30(41)35-12-20-3-2-4-25(32)29(20)34/h2-4,6,8,10,15,18,21-22,27H,5,7,9,11-14,16H2,1H3,(H,35,41). The van der Waals surface area contributed by atoms with Crippen LogP contribution in [0.2, 0.25) is 5.02 Å². The molecule has 3 aromatic rings. The number of likely N-dealkylation sites (tertiary alicyclic amines) is 2. The second kappa shape index (κ2) is 11.1. The maximum atomic E-state index is 14.5. The second-order valence-electron chi connectivity index (χ2n) is 11.6. The predicted molar refractivity (Wildman–Crippen MR) is 152 cm³/mol. The van der Waals surface area contributed by atoms with Gasteiger partial charge in [0.15, 0.2) is 5.78 Å². The van der Waals surface area contributed by atoms with Crippen LogP contribution in [0.3, 0.4) is 0 Å². The largest absolute Gasteiger partial charge is 0.350 e. The van der Waals surface area contributed by atoms with Gasteiger partial charge >= 0.3 is 0 Å². The number of carbonyl (C=O) groups excluding carboxylic acids is 4. The van der Waals surface area contributed by atoms with E-state index in [9.17, 15) is 28.0 Å². The van der Waals surface area contributed by atoms with E-state index in [4.69, 9.17) is 11.6 Å². The van der Waals surface area contributed by atoms with E-state index in [0.717, 1.165) is 25.8 Å². The van der Waals surface area contributed by atoms with Crippen molar-refractivity contribution in [1.82, 2.24) is 19.7 Å². The zero-order valence-corrected chi connectivity index (χ0v) is 23.9. The SMILES string of the molecule is CC(=O)c1cn(CC(=O)N2CC(F)CC2C(=O)NCc2cccc(Cl)c2F)c2ccc(C(=O)N3CC4CCC3C4)cc12. The van der Waals surface area contributed by atoms with Crippen LogP contribution in [0.4, 0.5) is 8.78 Å². The van der Waals surface area contributed by atoms with Gasteiger partial charge in [-0.15, -0.1) is 0 Å². The molecule has 220 valence electrons. The number of nitrogens with zero attached hydrogens (tertiary/aromatic N) is 3. The van der Waals surface area contributed by atoms with E-state index >= 15 is 0 Å². The van der Waals surface area contributed by atoms with E-state index in [2.05, 4.69) is 5.32 Å². The number of nitrogens with one attached hydrogen (secondary N) is 1. The average molecular weight is 597 g/mol. The summed E-state index contributed by atoms with van der Waals surface area (Å²) in [4.78, 5) is 55.4. The van der Waals surface area contributed by atoms with Crippen LogP contribution in [0.15, 0.2) is 42.6 Å². The number of aromatic nitrogens is 1. The van der Waals surface area contributed by atoms with Crippen molar-refractivity contribution in [2.75, 3.05) is 13.1 Å². The van der Waals surface area contributed by atoms with Crippen molar-refractivity contribution in [3.8, 4) is 0 Å². The van der Waals surface area contributed by atoms with Crippen molar-refractivity contribution in [3.05, 3.63) is 70.1 Å². The number of ketones is 1. The third kappa shape index (κ3) is 5.17. The number of carbonyl (C=O) groups is 4. The number of amides is 3. The summed E-state index contributed by atoms with van der Waals surface area (Å²) in [6, 6.07) is 8.77. The summed E-state index contributed by atoms with van der Waals surface area (Å²) in [5.74, 6) is -1.46. The van der Waals surface area contributed by atoms with Crippen LogP contribution in [0.5, 0.6) is 0 Å². The molecule has 8 nitrogen and oxygen atoms in total. The van der Waals surface area contributed by atoms with E-state index in [0.29, 0.717) is 27.9 Å². The molecule has 0 spiro atoms. The summed E-state index contributed by atoms with van der Waals surface area (Å²) in [6.07, 6.45) is 3.21. The van der Waals surface area contributed by atoms with E-state index in [-0.39, 0.29) is 54.4 Å². The quantitative estimate of drug-likeness (QED) is 0.406. The molecule has 0 radical (unpaired) electrons. The van der Waals surface area contributed by atoms with Crippen LogP contribution >= 0.6 is 11.6 Å². The molecule has 3 aliphatic rings. The molecule has 3 amide bonds. The van der Waals surface area contributed by atoms with Crippen LogP contribution in [0.1, 0.15) is 58.9 Å². The van der Waals surface area contributed by atoms with Crippen molar-refractivity contribution < 1.29 is 28.0 Å². The number of halogens is 3. The summed E-state index contributed by atoms with van der Waals surface area (Å²) in [6.45, 7) is 1.53. The van der Waals surface area contributed by atoms with Crippen molar-refractivity contribution in [3.63, 3.8) is 0 Å². The monoisotopic (exact) mass is 596 g/mol. The first-order chi connectivity index (χ1) is 20.1. The van der Waals surface area contributed by atoms with E-state index in [1.54, 1.807) is 35.0 Å². The number of rotatable bonds is 7. The fourth-order valence-electron chi connectivity index (χ4n) is 6.71. The molecule has 42 heavy (non-hydrogen) atoms. The minimum absolute atomic E-state index is 0.0556. The van der Waals surface area contributed by atoms with Crippen LogP contribution in [-0.2, 0) is 22.7 Å². The Kier molecular flexibility index (Phi) is 7.51. The Labute approximate surface area is 246 Å². The smallest absolute Gasteiger partial charge is 0.254 e. The third-order valence-corrected chi connectivity index (χ3v) is 9.13. The van der Waals surface area contributed by atoms with Gasteiger partial charge in [0.05, 0.1) is 11.6 Å². The van der Waals surface area contributed by atoms with Gasteiger partial charge < -0.3 is 19.7 Å². The van der Waals surface area contributed by atoms with Gasteiger partial charge in [0.25, 0.3) is 5.91 Å². The molecule has 1 aliphatic carbocycles. The lowest BCUT2D eigenvalue weighted by atomic mass is 10.0. The first-order valence-corrected chi connectivity index (χ1v) is 14.6. The Morgan fingerprint density at radius 2 is 1.86 bits per heavy atom. The minimum atomic E-state index is -1.39. The van der Waals surface area contributed by atoms with E-state index < -0.39 is 29.8 Å². The summed E-state index contributed by atoms with van der Waals surface area (Å²) >= 11 is 5.81. The van der Waals surface area contributed by atoms with Crippen molar-refractivity contribution >= 4 is 46.0 Å². The van der Waals surface area contributed by atoms with Crippen molar-refractivity contribution in [1.29, 1.82) is 0 Å². The molecule has 4 atom stereocenters. The summed E-state index contributed by atoms with van der Waals surface area (Å²) in [7, 11) is 0. The molecule has 1 N–H and O–H groups in total. The lowest BCUT2D eigenvalue weighted by Crippen LogP contribution is -2.46. The van der Waals surface area contributed by atoms with Gasteiger partial charge in [0.1, 0.15) is 24.6 Å². The van der Waals surface area contributed by atoms with Crippen LogP contribution in [0, 0.1) is 11.7 Å². The van der Waals surface area contributed by atoms with Gasteiger partial charge in [-0.05, 0) is 56.4 Å². The van der Waals surface area contributed by atoms with Crippen molar-refractivity contribution in [2.45, 2.75) is 64.0 Å². The predicted octanol–water partition coefficient (Wildman–Crippen LogP) is 4.52. The molecule has 11 heteroatoms. The molecule has 3 heterocycles. The van der Waals surface area contributed by atoms with Crippen LogP contribution < -0.4 is 5.32 Å². The first kappa shape index (κ1) is 28.3. The van der Waals surface area contributed by atoms with Gasteiger partial charge in [-0.1, -0.05) is 23.7 Å². The third-order valence-electron chi connectivity index (χ3n) is 8.84. The molecular weight excluding hydrogens is 566 g/mol. The molecule has 2 bridgehead atoms. The maximum absolute atomic E-state index is 14.5. The van der Waals surface area contributed by atoms with Gasteiger partial charge in [-0.2, -0.15) is 0 Å². The van der Waals surface area contributed by atoms with Gasteiger partial charge in [0, 0.05) is 59.3 Å². The molecular formula is C31H31ClF2N4O4. The average Bonchev–Trinajstić information content (AvgIpc) is 3.76. The normalized spacial score (nSPS) is 23.1. The maximum Gasteiger partial charge on any atom is 0.254 e. The topological polar surface area (TPSA) is 91.7 Å². The summed E-state index contributed by atoms with van der Waals surface area (Å²) in [5.41, 5.74) is 1.63. The highest BCUT2D eigenvalue weighted by Crippen LogP contribution is 2.38. The number of alkyl halides is 1. The van der Waals surface area contributed by atoms with Crippen LogP contribution in [0.25, 0.3) is 10.9 Å². The molecule has 2 aliphatic heterocycles. The Bertz CT molecular complexity index is 1610. The summed E-state index contributed by atoms with van der Waals surface area (Å²) in [5, 5.41) is 3.08. The Morgan fingerprint density at radius 3 is 2.57 bits per heavy atom. The van der Waals surface area contributed by atoms with E-state index in [1.807, 2.05) is 4.90 Å². The molecule has 2 aromatic carbocycles. The molecule has 1 saturated carbocycles. The summed E-state index contributed by atoms with van der Waals surface area (Å²) < 4.78 is 30.3. The Hall–Kier alpha value is -3.79. The highest BCUT2D eigenvalue weighted by molar-refractivity contribution is 6.30. The highest BCUT2D eigenvalue weighted by atomic mass is 35.5. The Balaban J connectivity index is 1.20. The molecule has 4 unspecified atom stereocenters. The highest BCUT2D eigenvalue weighted by Gasteiger charge is 2.41. The number of hydrogen-bond acceptors (Lipinski definition) is 4. The molecule has 2 saturated heterocycles. The molecule has 6 rings (SSSR count). The number of hydrogen-bond donors (Lipinski definition) is 1. The Morgan fingerprint density at radius 1 is 1.05 bits per heavy atom. The second-order valence-corrected chi connectivity index (χ2v) is 12.0. The fraction of sp³-hybridized carbons (Fsp3) is 0.419. The minimum Gasteiger partial charge on any atom is -0.350 e. The first-order valence-electron chi connectivity index (χ1n) is 14.2. The van der Waals surface area contributed by atoms with Gasteiger partial charge in [-0.3, -0.25) is 19.2 Å². The number of piperidine rings is 1. The number of benzene rings is 2. The van der Waals surface area contributed by atoms with Crippen LogP contribution in [-0.4, -0.2) is 69.2 Å². The molecule has 1 aromatic heterocycles. The number of fused-ring (bicyclic) bond motifs is 3. The van der Waals surface area contributed by atoms with Crippen molar-refractivity contribution in [2.24, 2.45) is 5.92 Å². The van der Waals surface area contributed by atoms with Gasteiger partial charge in [0.2, 0.25) is 11.8 Å². The number of Topliss-reactive ketones (excluding diaryl/α,β-unsaturated/α-hetero) is 1. The lowest BCUT2D eigenvalue weighted by Gasteiger charge is -2.27. The zero-order chi connectivity index (χ0) is 29.7. The van der Waals surface area contributed by atoms with Gasteiger partial charge in [-0.25, -0.2) is 8.78 Å². The fourth-order valence-corrected chi connectivity index (χ4v) is 6.91. The van der Waals surface area contributed by atoms with E-state index in [1.165, 1.54) is 24.0 Å².